The highest BCUT2D eigenvalue weighted by Crippen LogP contribution is 2.22. The smallest absolute Gasteiger partial charge is 0.392 e. The van der Waals surface area contributed by atoms with Crippen molar-refractivity contribution in [1.29, 1.82) is 0 Å². The standard InChI is InChI=1S/C20H26F3N3O3/c1-2-6-15(9-10-20(21,22)23)14-29-19-11-17(13-27)25-26(19)12-18(28)24-16-7-4-3-5-8-16/h2,6,9,11,13,16H,3-5,7-8,10,12,14H2,1H3,(H,24,28)/b6-2-,15-9+. The van der Waals surface area contributed by atoms with Crippen LogP contribution >= 0.6 is 0 Å². The van der Waals surface area contributed by atoms with Crippen molar-refractivity contribution in [1.82, 2.24) is 15.1 Å². The molecule has 1 N–H and O–H groups in total. The third-order valence-corrected chi connectivity index (χ3v) is 4.51. The van der Waals surface area contributed by atoms with E-state index in [2.05, 4.69) is 10.4 Å². The van der Waals surface area contributed by atoms with Crippen LogP contribution in [0.4, 0.5) is 13.2 Å². The lowest BCUT2D eigenvalue weighted by Gasteiger charge is -2.22. The number of rotatable bonds is 9. The molecule has 1 aromatic heterocycles. The Morgan fingerprint density at radius 3 is 2.69 bits per heavy atom. The van der Waals surface area contributed by atoms with Crippen molar-refractivity contribution in [2.45, 2.75) is 64.2 Å². The second-order valence-electron chi connectivity index (χ2n) is 6.97. The van der Waals surface area contributed by atoms with Crippen LogP contribution in [0.2, 0.25) is 0 Å². The minimum absolute atomic E-state index is 0.0809. The summed E-state index contributed by atoms with van der Waals surface area (Å²) < 4.78 is 44.2. The number of amides is 1. The molecule has 1 aliphatic carbocycles. The van der Waals surface area contributed by atoms with E-state index >= 15 is 0 Å². The van der Waals surface area contributed by atoms with Crippen molar-refractivity contribution in [3.05, 3.63) is 35.6 Å². The summed E-state index contributed by atoms with van der Waals surface area (Å²) in [6, 6.07) is 1.49. The molecule has 9 heteroatoms. The molecule has 1 aliphatic rings. The average Bonchev–Trinajstić information content (AvgIpc) is 3.06. The first-order chi connectivity index (χ1) is 13.8. The molecule has 0 spiro atoms. The van der Waals surface area contributed by atoms with Crippen LogP contribution in [0.1, 0.15) is 55.9 Å². The summed E-state index contributed by atoms with van der Waals surface area (Å²) >= 11 is 0. The summed E-state index contributed by atoms with van der Waals surface area (Å²) in [5, 5.41) is 6.97. The maximum absolute atomic E-state index is 12.5. The molecular formula is C20H26F3N3O3. The fourth-order valence-electron chi connectivity index (χ4n) is 3.16. The number of aromatic nitrogens is 2. The zero-order valence-electron chi connectivity index (χ0n) is 16.4. The Balaban J connectivity index is 2.03. The van der Waals surface area contributed by atoms with Crippen molar-refractivity contribution in [3.63, 3.8) is 0 Å². The number of hydrogen-bond donors (Lipinski definition) is 1. The SMILES string of the molecule is C/C=C\C(=C/CC(F)(F)F)COc1cc(C=O)nn1CC(=O)NC1CCCCC1. The average molecular weight is 413 g/mol. The fourth-order valence-corrected chi connectivity index (χ4v) is 3.16. The Morgan fingerprint density at radius 2 is 2.07 bits per heavy atom. The van der Waals surface area contributed by atoms with Gasteiger partial charge in [-0.15, -0.1) is 0 Å². The predicted molar refractivity (Wildman–Crippen MR) is 102 cm³/mol. The molecule has 160 valence electrons. The van der Waals surface area contributed by atoms with E-state index < -0.39 is 12.6 Å². The second kappa shape index (κ2) is 10.8. The van der Waals surface area contributed by atoms with Gasteiger partial charge in [0.2, 0.25) is 11.8 Å². The molecule has 0 unspecified atom stereocenters. The Bertz CT molecular complexity index is 748. The molecular weight excluding hydrogens is 387 g/mol. The molecule has 29 heavy (non-hydrogen) atoms. The van der Waals surface area contributed by atoms with Crippen LogP contribution in [-0.2, 0) is 11.3 Å². The van der Waals surface area contributed by atoms with Crippen LogP contribution < -0.4 is 10.1 Å². The van der Waals surface area contributed by atoms with E-state index in [0.717, 1.165) is 31.8 Å². The van der Waals surface area contributed by atoms with Gasteiger partial charge >= 0.3 is 6.18 Å². The van der Waals surface area contributed by atoms with Gasteiger partial charge in [-0.2, -0.15) is 18.3 Å². The first kappa shape index (κ1) is 22.7. The maximum atomic E-state index is 12.5. The molecule has 6 nitrogen and oxygen atoms in total. The van der Waals surface area contributed by atoms with Crippen LogP contribution in [0.15, 0.2) is 29.9 Å². The molecule has 0 atom stereocenters. The third-order valence-electron chi connectivity index (χ3n) is 4.51. The highest BCUT2D eigenvalue weighted by molar-refractivity contribution is 5.77. The Hall–Kier alpha value is -2.58. The number of ether oxygens (including phenoxy) is 1. The number of halogens is 3. The van der Waals surface area contributed by atoms with Crippen molar-refractivity contribution < 1.29 is 27.5 Å². The van der Waals surface area contributed by atoms with Crippen molar-refractivity contribution in [2.24, 2.45) is 0 Å². The van der Waals surface area contributed by atoms with E-state index in [4.69, 9.17) is 4.74 Å². The lowest BCUT2D eigenvalue weighted by Crippen LogP contribution is -2.38. The number of alkyl halides is 3. The van der Waals surface area contributed by atoms with Gasteiger partial charge < -0.3 is 10.1 Å². The molecule has 0 saturated heterocycles. The van der Waals surface area contributed by atoms with Crippen LogP contribution in [-0.4, -0.2) is 40.8 Å². The van der Waals surface area contributed by atoms with E-state index in [1.807, 2.05) is 0 Å². The van der Waals surface area contributed by atoms with Crippen molar-refractivity contribution in [3.8, 4) is 5.88 Å². The highest BCUT2D eigenvalue weighted by Gasteiger charge is 2.25. The van der Waals surface area contributed by atoms with E-state index in [0.29, 0.717) is 11.9 Å². The first-order valence-corrected chi connectivity index (χ1v) is 9.64. The molecule has 0 aliphatic heterocycles. The second-order valence-corrected chi connectivity index (χ2v) is 6.97. The largest absolute Gasteiger partial charge is 0.473 e. The van der Waals surface area contributed by atoms with E-state index in [9.17, 15) is 22.8 Å². The van der Waals surface area contributed by atoms with Gasteiger partial charge in [0.1, 0.15) is 18.8 Å². The van der Waals surface area contributed by atoms with E-state index in [-0.39, 0.29) is 36.7 Å². The maximum Gasteiger partial charge on any atom is 0.392 e. The molecule has 1 fully saturated rings. The predicted octanol–water partition coefficient (Wildman–Crippen LogP) is 3.98. The highest BCUT2D eigenvalue weighted by atomic mass is 19.4. The summed E-state index contributed by atoms with van der Waals surface area (Å²) in [7, 11) is 0. The topological polar surface area (TPSA) is 73.2 Å². The van der Waals surface area contributed by atoms with E-state index in [1.165, 1.54) is 23.2 Å². The first-order valence-electron chi connectivity index (χ1n) is 9.64. The van der Waals surface area contributed by atoms with Gasteiger partial charge in [-0.1, -0.05) is 37.5 Å². The summed E-state index contributed by atoms with van der Waals surface area (Å²) in [6.07, 6.45) is 4.50. The van der Waals surface area contributed by atoms with Gasteiger partial charge in [0, 0.05) is 12.1 Å². The monoisotopic (exact) mass is 413 g/mol. The number of allylic oxidation sites excluding steroid dienone is 2. The van der Waals surface area contributed by atoms with Crippen LogP contribution in [0.5, 0.6) is 5.88 Å². The number of hydrogen-bond acceptors (Lipinski definition) is 4. The van der Waals surface area contributed by atoms with E-state index in [1.54, 1.807) is 13.0 Å². The molecule has 1 heterocycles. The zero-order valence-corrected chi connectivity index (χ0v) is 16.4. The summed E-state index contributed by atoms with van der Waals surface area (Å²) in [5.74, 6) is -0.100. The minimum Gasteiger partial charge on any atom is -0.473 e. The quantitative estimate of drug-likeness (QED) is 0.491. The van der Waals surface area contributed by atoms with Crippen molar-refractivity contribution in [2.75, 3.05) is 6.61 Å². The van der Waals surface area contributed by atoms with Crippen LogP contribution in [0.3, 0.4) is 0 Å². The molecule has 0 aromatic carbocycles. The molecule has 1 aromatic rings. The molecule has 0 radical (unpaired) electrons. The molecule has 2 rings (SSSR count). The van der Waals surface area contributed by atoms with Gasteiger partial charge in [0.05, 0.1) is 6.42 Å². The molecule has 1 amide bonds. The van der Waals surface area contributed by atoms with Gasteiger partial charge in [-0.05, 0) is 25.3 Å². The van der Waals surface area contributed by atoms with Crippen molar-refractivity contribution >= 4 is 12.2 Å². The third kappa shape index (κ3) is 8.13. The lowest BCUT2D eigenvalue weighted by atomic mass is 9.95. The van der Waals surface area contributed by atoms with Gasteiger partial charge in [0.15, 0.2) is 6.29 Å². The number of carbonyl (C=O) groups excluding carboxylic acids is 2. The molecule has 1 saturated carbocycles. The van der Waals surface area contributed by atoms with Crippen LogP contribution in [0.25, 0.3) is 0 Å². The minimum atomic E-state index is -4.31. The van der Waals surface area contributed by atoms with Gasteiger partial charge in [0.25, 0.3) is 0 Å². The van der Waals surface area contributed by atoms with Crippen LogP contribution in [0, 0.1) is 0 Å². The summed E-state index contributed by atoms with van der Waals surface area (Å²) in [5.41, 5.74) is 0.411. The Kier molecular flexibility index (Phi) is 8.48. The van der Waals surface area contributed by atoms with Gasteiger partial charge in [-0.25, -0.2) is 4.68 Å². The number of nitrogens with one attached hydrogen (secondary N) is 1. The Labute approximate surface area is 167 Å². The number of aldehydes is 1. The van der Waals surface area contributed by atoms with Gasteiger partial charge in [-0.3, -0.25) is 9.59 Å². The number of nitrogens with zero attached hydrogens (tertiary/aromatic N) is 2. The zero-order chi connectivity index (χ0) is 21.3. The lowest BCUT2D eigenvalue weighted by molar-refractivity contribution is -0.125. The molecule has 0 bridgehead atoms. The summed E-state index contributed by atoms with van der Waals surface area (Å²) in [6.45, 7) is 1.41. The summed E-state index contributed by atoms with van der Waals surface area (Å²) in [4.78, 5) is 23.4. The fraction of sp³-hybridized carbons (Fsp3) is 0.550. The number of carbonyl (C=O) groups is 2. The Morgan fingerprint density at radius 1 is 1.34 bits per heavy atom. The normalized spacial score (nSPS) is 16.2.